The minimum absolute atomic E-state index is 0.0632. The van der Waals surface area contributed by atoms with Gasteiger partial charge in [0.2, 0.25) is 5.91 Å². The van der Waals surface area contributed by atoms with Gasteiger partial charge in [-0.25, -0.2) is 0 Å². The highest BCUT2D eigenvalue weighted by Crippen LogP contribution is 2.26. The number of carbonyl (C=O) groups excluding carboxylic acids is 1. The third-order valence-corrected chi connectivity index (χ3v) is 4.20. The van der Waals surface area contributed by atoms with Crippen molar-refractivity contribution >= 4 is 5.91 Å². The molecule has 2 aromatic rings. The van der Waals surface area contributed by atoms with Crippen LogP contribution in [0.4, 0.5) is 0 Å². The number of aromatic amines is 1. The Morgan fingerprint density at radius 1 is 1.41 bits per heavy atom. The molecule has 1 aromatic heterocycles. The van der Waals surface area contributed by atoms with Crippen molar-refractivity contribution in [1.29, 1.82) is 0 Å². The van der Waals surface area contributed by atoms with Crippen LogP contribution in [0, 0.1) is 19.8 Å². The largest absolute Gasteiger partial charge is 0.492 e. The van der Waals surface area contributed by atoms with Crippen LogP contribution in [0.3, 0.4) is 0 Å². The molecule has 0 fully saturated rings. The van der Waals surface area contributed by atoms with E-state index in [0.717, 1.165) is 35.5 Å². The number of benzene rings is 1. The second-order valence-electron chi connectivity index (χ2n) is 5.77. The Hall–Kier alpha value is -2.30. The lowest BCUT2D eigenvalue weighted by molar-refractivity contribution is -0.126. The van der Waals surface area contributed by atoms with E-state index in [1.165, 1.54) is 5.56 Å². The molecular weight excluding hydrogens is 278 g/mol. The lowest BCUT2D eigenvalue weighted by Crippen LogP contribution is -2.38. The van der Waals surface area contributed by atoms with E-state index in [-0.39, 0.29) is 11.8 Å². The predicted molar refractivity (Wildman–Crippen MR) is 83.9 cm³/mol. The van der Waals surface area contributed by atoms with Crippen molar-refractivity contribution in [1.82, 2.24) is 15.5 Å². The molecule has 1 atom stereocenters. The van der Waals surface area contributed by atoms with E-state index >= 15 is 0 Å². The summed E-state index contributed by atoms with van der Waals surface area (Å²) < 4.78 is 5.67. The van der Waals surface area contributed by atoms with Crippen molar-refractivity contribution in [3.8, 4) is 5.75 Å². The minimum Gasteiger partial charge on any atom is -0.492 e. The summed E-state index contributed by atoms with van der Waals surface area (Å²) in [7, 11) is 0. The average molecular weight is 299 g/mol. The lowest BCUT2D eigenvalue weighted by atomic mass is 9.96. The molecule has 0 spiro atoms. The maximum absolute atomic E-state index is 12.3. The molecule has 0 aliphatic carbocycles. The summed E-state index contributed by atoms with van der Waals surface area (Å²) in [6.07, 6.45) is 1.54. The topological polar surface area (TPSA) is 67.0 Å². The highest BCUT2D eigenvalue weighted by atomic mass is 16.5. The molecule has 116 valence electrons. The van der Waals surface area contributed by atoms with Crippen molar-refractivity contribution < 1.29 is 9.53 Å². The molecule has 0 radical (unpaired) electrons. The fourth-order valence-corrected chi connectivity index (χ4v) is 2.89. The van der Waals surface area contributed by atoms with E-state index in [4.69, 9.17) is 4.74 Å². The van der Waals surface area contributed by atoms with Gasteiger partial charge >= 0.3 is 0 Å². The molecule has 22 heavy (non-hydrogen) atoms. The third-order valence-electron chi connectivity index (χ3n) is 4.20. The zero-order chi connectivity index (χ0) is 15.5. The number of fused-ring (bicyclic) bond motifs is 1. The number of amides is 1. The molecule has 0 unspecified atom stereocenters. The highest BCUT2D eigenvalue weighted by molar-refractivity contribution is 5.79. The number of para-hydroxylation sites is 1. The molecule has 1 aliphatic rings. The van der Waals surface area contributed by atoms with Gasteiger partial charge in [-0.15, -0.1) is 0 Å². The Balaban J connectivity index is 1.53. The molecule has 1 aromatic carbocycles. The number of nitrogens with one attached hydrogen (secondary N) is 2. The van der Waals surface area contributed by atoms with E-state index in [1.807, 2.05) is 38.1 Å². The molecule has 5 nitrogen and oxygen atoms in total. The standard InChI is InChI=1S/C17H21N3O2/c1-11-15(12(2)20-19-11)7-8-18-17(21)14-9-13-5-3-4-6-16(13)22-10-14/h3-6,14H,7-10H2,1-2H3,(H,18,21)(H,19,20)/t14-/m1/s1. The first-order chi connectivity index (χ1) is 10.6. The number of carbonyl (C=O) groups is 1. The third kappa shape index (κ3) is 2.98. The smallest absolute Gasteiger partial charge is 0.226 e. The van der Waals surface area contributed by atoms with Gasteiger partial charge in [0.15, 0.2) is 0 Å². The molecule has 3 rings (SSSR count). The van der Waals surface area contributed by atoms with Crippen molar-refractivity contribution in [2.75, 3.05) is 13.2 Å². The van der Waals surface area contributed by atoms with Gasteiger partial charge in [0.05, 0.1) is 11.6 Å². The van der Waals surface area contributed by atoms with Crippen LogP contribution in [0.2, 0.25) is 0 Å². The molecule has 0 saturated heterocycles. The maximum Gasteiger partial charge on any atom is 0.226 e. The highest BCUT2D eigenvalue weighted by Gasteiger charge is 2.25. The van der Waals surface area contributed by atoms with Crippen molar-refractivity contribution in [2.45, 2.75) is 26.7 Å². The molecule has 1 amide bonds. The van der Waals surface area contributed by atoms with Gasteiger partial charge in [-0.05, 0) is 43.9 Å². The first kappa shape index (κ1) is 14.6. The Labute approximate surface area is 130 Å². The van der Waals surface area contributed by atoms with Gasteiger partial charge in [0.25, 0.3) is 0 Å². The van der Waals surface area contributed by atoms with Crippen LogP contribution >= 0.6 is 0 Å². The molecule has 0 bridgehead atoms. The summed E-state index contributed by atoms with van der Waals surface area (Å²) in [6, 6.07) is 7.91. The number of aryl methyl sites for hydroxylation is 2. The summed E-state index contributed by atoms with van der Waals surface area (Å²) >= 11 is 0. The molecule has 1 aliphatic heterocycles. The SMILES string of the molecule is Cc1n[nH]c(C)c1CCNC(=O)[C@H]1COc2ccccc2C1. The zero-order valence-electron chi connectivity index (χ0n) is 13.0. The van der Waals surface area contributed by atoms with Crippen molar-refractivity contribution in [2.24, 2.45) is 5.92 Å². The van der Waals surface area contributed by atoms with Crippen LogP contribution in [-0.2, 0) is 17.6 Å². The van der Waals surface area contributed by atoms with E-state index < -0.39 is 0 Å². The first-order valence-electron chi connectivity index (χ1n) is 7.64. The number of nitrogens with zero attached hydrogens (tertiary/aromatic N) is 1. The Morgan fingerprint density at radius 3 is 3.00 bits per heavy atom. The van der Waals surface area contributed by atoms with Gasteiger partial charge in [-0.3, -0.25) is 9.89 Å². The van der Waals surface area contributed by atoms with Gasteiger partial charge in [0.1, 0.15) is 12.4 Å². The summed E-state index contributed by atoms with van der Waals surface area (Å²) in [6.45, 7) is 5.06. The van der Waals surface area contributed by atoms with E-state index in [2.05, 4.69) is 15.5 Å². The van der Waals surface area contributed by atoms with Crippen molar-refractivity contribution in [3.63, 3.8) is 0 Å². The van der Waals surface area contributed by atoms with Gasteiger partial charge in [0, 0.05) is 12.2 Å². The normalized spacial score (nSPS) is 16.7. The van der Waals surface area contributed by atoms with E-state index in [9.17, 15) is 4.79 Å². The number of H-pyrrole nitrogens is 1. The minimum atomic E-state index is -0.110. The number of hydrogen-bond donors (Lipinski definition) is 2. The van der Waals surface area contributed by atoms with Crippen LogP contribution in [0.5, 0.6) is 5.75 Å². The van der Waals surface area contributed by atoms with E-state index in [1.54, 1.807) is 0 Å². The second-order valence-corrected chi connectivity index (χ2v) is 5.77. The Kier molecular flexibility index (Phi) is 4.13. The molecule has 2 N–H and O–H groups in total. The number of hydrogen-bond acceptors (Lipinski definition) is 3. The fourth-order valence-electron chi connectivity index (χ4n) is 2.89. The van der Waals surface area contributed by atoms with Gasteiger partial charge in [-0.1, -0.05) is 18.2 Å². The van der Waals surface area contributed by atoms with Crippen LogP contribution in [0.1, 0.15) is 22.5 Å². The van der Waals surface area contributed by atoms with Crippen molar-refractivity contribution in [3.05, 3.63) is 46.8 Å². The van der Waals surface area contributed by atoms with Crippen LogP contribution in [-0.4, -0.2) is 29.3 Å². The molecule has 0 saturated carbocycles. The molecule has 5 heteroatoms. The van der Waals surface area contributed by atoms with Crippen LogP contribution in [0.15, 0.2) is 24.3 Å². The number of rotatable bonds is 4. The first-order valence-corrected chi connectivity index (χ1v) is 7.64. The second kappa shape index (κ2) is 6.22. The van der Waals surface area contributed by atoms with Gasteiger partial charge < -0.3 is 10.1 Å². The Morgan fingerprint density at radius 2 is 2.23 bits per heavy atom. The Bertz CT molecular complexity index is 659. The monoisotopic (exact) mass is 299 g/mol. The van der Waals surface area contributed by atoms with Crippen LogP contribution < -0.4 is 10.1 Å². The zero-order valence-corrected chi connectivity index (χ0v) is 13.0. The van der Waals surface area contributed by atoms with Crippen LogP contribution in [0.25, 0.3) is 0 Å². The van der Waals surface area contributed by atoms with E-state index in [0.29, 0.717) is 13.2 Å². The van der Waals surface area contributed by atoms with Gasteiger partial charge in [-0.2, -0.15) is 5.10 Å². The summed E-state index contributed by atoms with van der Waals surface area (Å²) in [4.78, 5) is 12.3. The maximum atomic E-state index is 12.3. The molecular formula is C17H21N3O2. The summed E-state index contributed by atoms with van der Waals surface area (Å²) in [5.74, 6) is 0.853. The average Bonchev–Trinajstić information content (AvgIpc) is 2.86. The quantitative estimate of drug-likeness (QED) is 0.906. The number of aromatic nitrogens is 2. The lowest BCUT2D eigenvalue weighted by Gasteiger charge is -2.24. The molecule has 2 heterocycles. The number of ether oxygens (including phenoxy) is 1. The predicted octanol–water partition coefficient (Wildman–Crippen LogP) is 1.94. The fraction of sp³-hybridized carbons (Fsp3) is 0.412. The summed E-state index contributed by atoms with van der Waals surface area (Å²) in [5.41, 5.74) is 4.37. The summed E-state index contributed by atoms with van der Waals surface area (Å²) in [5, 5.41) is 10.2.